The Hall–Kier alpha value is -3.21. The highest BCUT2D eigenvalue weighted by atomic mass is 19.1. The lowest BCUT2D eigenvalue weighted by atomic mass is 10.1. The van der Waals surface area contributed by atoms with Gasteiger partial charge in [0.25, 0.3) is 0 Å². The highest BCUT2D eigenvalue weighted by molar-refractivity contribution is 5.90. The molecule has 0 radical (unpaired) electrons. The Bertz CT molecular complexity index is 1040. The van der Waals surface area contributed by atoms with Gasteiger partial charge in [-0.1, -0.05) is 18.2 Å². The van der Waals surface area contributed by atoms with E-state index in [2.05, 4.69) is 33.6 Å². The minimum Gasteiger partial charge on any atom is -0.380 e. The number of benzene rings is 2. The Kier molecular flexibility index (Phi) is 3.90. The maximum absolute atomic E-state index is 13.4. The van der Waals surface area contributed by atoms with E-state index in [1.54, 1.807) is 16.9 Å². The van der Waals surface area contributed by atoms with Crippen LogP contribution in [-0.4, -0.2) is 14.8 Å². The lowest BCUT2D eigenvalue weighted by Gasteiger charge is -2.10. The Labute approximate surface area is 144 Å². The van der Waals surface area contributed by atoms with Gasteiger partial charge < -0.3 is 5.32 Å². The molecule has 2 aromatic carbocycles. The van der Waals surface area contributed by atoms with E-state index in [-0.39, 0.29) is 5.82 Å². The summed E-state index contributed by atoms with van der Waals surface area (Å²) in [5.74, 6) is -0.277. The zero-order chi connectivity index (χ0) is 17.2. The molecule has 0 amide bonds. The summed E-state index contributed by atoms with van der Waals surface area (Å²) in [6, 6.07) is 14.9. The number of halogens is 1. The molecule has 1 N–H and O–H groups in total. The second kappa shape index (κ2) is 6.36. The first-order valence-electron chi connectivity index (χ1n) is 8.05. The summed E-state index contributed by atoms with van der Waals surface area (Å²) in [6.07, 6.45) is 5.55. The van der Waals surface area contributed by atoms with Crippen LogP contribution in [-0.2, 0) is 13.6 Å². The number of rotatable bonds is 4. The van der Waals surface area contributed by atoms with Crippen LogP contribution in [0.2, 0.25) is 0 Å². The van der Waals surface area contributed by atoms with Crippen LogP contribution in [0.5, 0.6) is 0 Å². The van der Waals surface area contributed by atoms with Gasteiger partial charge in [0, 0.05) is 48.7 Å². The van der Waals surface area contributed by atoms with Crippen molar-refractivity contribution in [2.45, 2.75) is 6.54 Å². The number of anilines is 1. The van der Waals surface area contributed by atoms with Crippen molar-refractivity contribution in [3.8, 4) is 11.1 Å². The van der Waals surface area contributed by atoms with E-state index in [1.165, 1.54) is 12.1 Å². The first kappa shape index (κ1) is 15.3. The number of hydrogen-bond donors (Lipinski definition) is 1. The van der Waals surface area contributed by atoms with E-state index in [1.807, 2.05) is 31.6 Å². The third-order valence-electron chi connectivity index (χ3n) is 4.15. The monoisotopic (exact) mass is 332 g/mol. The first-order chi connectivity index (χ1) is 12.2. The van der Waals surface area contributed by atoms with Gasteiger partial charge >= 0.3 is 0 Å². The predicted molar refractivity (Wildman–Crippen MR) is 97.7 cm³/mol. The molecule has 2 heterocycles. The minimum absolute atomic E-state index is 0.277. The van der Waals surface area contributed by atoms with E-state index < -0.39 is 0 Å². The van der Waals surface area contributed by atoms with Crippen LogP contribution < -0.4 is 5.32 Å². The largest absolute Gasteiger partial charge is 0.380 e. The average Bonchev–Trinajstić information content (AvgIpc) is 3.06. The van der Waals surface area contributed by atoms with E-state index in [0.29, 0.717) is 12.1 Å². The van der Waals surface area contributed by atoms with Crippen molar-refractivity contribution >= 4 is 16.6 Å². The molecular weight excluding hydrogens is 315 g/mol. The molecule has 0 aliphatic carbocycles. The molecule has 0 saturated carbocycles. The van der Waals surface area contributed by atoms with Gasteiger partial charge in [-0.3, -0.25) is 9.67 Å². The highest BCUT2D eigenvalue weighted by Gasteiger charge is 2.05. The van der Waals surface area contributed by atoms with Gasteiger partial charge in [-0.15, -0.1) is 0 Å². The molecule has 0 saturated heterocycles. The van der Waals surface area contributed by atoms with Crippen molar-refractivity contribution in [1.29, 1.82) is 0 Å². The van der Waals surface area contributed by atoms with E-state index in [4.69, 9.17) is 0 Å². The van der Waals surface area contributed by atoms with E-state index in [9.17, 15) is 4.39 Å². The second-order valence-corrected chi connectivity index (χ2v) is 5.98. The zero-order valence-corrected chi connectivity index (χ0v) is 13.8. The Morgan fingerprint density at radius 2 is 2.00 bits per heavy atom. The number of nitrogens with zero attached hydrogens (tertiary/aromatic N) is 3. The fraction of sp³-hybridized carbons (Fsp3) is 0.100. The van der Waals surface area contributed by atoms with Gasteiger partial charge in [0.05, 0.1) is 11.7 Å². The van der Waals surface area contributed by atoms with Crippen LogP contribution in [0.25, 0.3) is 22.0 Å². The highest BCUT2D eigenvalue weighted by Crippen LogP contribution is 2.24. The van der Waals surface area contributed by atoms with Crippen molar-refractivity contribution in [1.82, 2.24) is 14.8 Å². The number of nitrogens with one attached hydrogen (secondary N) is 1. The molecule has 0 aliphatic rings. The summed E-state index contributed by atoms with van der Waals surface area (Å²) < 4.78 is 15.2. The molecule has 0 spiro atoms. The van der Waals surface area contributed by atoms with E-state index >= 15 is 0 Å². The van der Waals surface area contributed by atoms with Gasteiger partial charge in [0.1, 0.15) is 5.82 Å². The van der Waals surface area contributed by atoms with Crippen molar-refractivity contribution in [3.63, 3.8) is 0 Å². The lowest BCUT2D eigenvalue weighted by Crippen LogP contribution is -2.00. The van der Waals surface area contributed by atoms with Gasteiger partial charge in [-0.05, 0) is 35.4 Å². The van der Waals surface area contributed by atoms with Crippen LogP contribution in [0.15, 0.2) is 67.1 Å². The molecule has 4 rings (SSSR count). The zero-order valence-electron chi connectivity index (χ0n) is 13.8. The number of fused-ring (bicyclic) bond motifs is 1. The predicted octanol–water partition coefficient (Wildman–Crippen LogP) is 4.39. The van der Waals surface area contributed by atoms with Gasteiger partial charge in [0.15, 0.2) is 0 Å². The first-order valence-corrected chi connectivity index (χ1v) is 8.05. The molecule has 0 unspecified atom stereocenters. The van der Waals surface area contributed by atoms with Crippen LogP contribution in [0.1, 0.15) is 5.56 Å². The molecule has 0 fully saturated rings. The molecule has 2 aromatic heterocycles. The topological polar surface area (TPSA) is 42.7 Å². The number of aromatic nitrogens is 3. The van der Waals surface area contributed by atoms with Crippen molar-refractivity contribution in [2.75, 3.05) is 5.32 Å². The Morgan fingerprint density at radius 1 is 1.08 bits per heavy atom. The molecule has 25 heavy (non-hydrogen) atoms. The van der Waals surface area contributed by atoms with Gasteiger partial charge in [-0.25, -0.2) is 4.39 Å². The SMILES string of the molecule is Cn1cc(-c2cccc(CNc3ccnc4cc(F)ccc34)c2)cn1. The van der Waals surface area contributed by atoms with Gasteiger partial charge in [0.2, 0.25) is 0 Å². The fourth-order valence-electron chi connectivity index (χ4n) is 2.90. The summed E-state index contributed by atoms with van der Waals surface area (Å²) in [4.78, 5) is 4.22. The summed E-state index contributed by atoms with van der Waals surface area (Å²) in [5, 5.41) is 8.55. The summed E-state index contributed by atoms with van der Waals surface area (Å²) in [6.45, 7) is 0.671. The normalized spacial score (nSPS) is 11.0. The number of aryl methyl sites for hydroxylation is 1. The third-order valence-corrected chi connectivity index (χ3v) is 4.15. The molecule has 4 aromatic rings. The van der Waals surface area contributed by atoms with Crippen molar-refractivity contribution in [3.05, 3.63) is 78.5 Å². The van der Waals surface area contributed by atoms with E-state index in [0.717, 1.165) is 27.8 Å². The molecule has 124 valence electrons. The van der Waals surface area contributed by atoms with Crippen LogP contribution >= 0.6 is 0 Å². The van der Waals surface area contributed by atoms with Gasteiger partial charge in [-0.2, -0.15) is 5.10 Å². The molecular formula is C20H17FN4. The molecule has 0 aliphatic heterocycles. The van der Waals surface area contributed by atoms with Crippen molar-refractivity contribution in [2.24, 2.45) is 7.05 Å². The van der Waals surface area contributed by atoms with Crippen LogP contribution in [0.3, 0.4) is 0 Å². The summed E-state index contributed by atoms with van der Waals surface area (Å²) in [7, 11) is 1.91. The molecule has 0 atom stereocenters. The number of hydrogen-bond acceptors (Lipinski definition) is 3. The van der Waals surface area contributed by atoms with Crippen LogP contribution in [0.4, 0.5) is 10.1 Å². The smallest absolute Gasteiger partial charge is 0.125 e. The quantitative estimate of drug-likeness (QED) is 0.603. The minimum atomic E-state index is -0.277. The average molecular weight is 332 g/mol. The lowest BCUT2D eigenvalue weighted by molar-refractivity contribution is 0.629. The summed E-state index contributed by atoms with van der Waals surface area (Å²) in [5.41, 5.74) is 4.97. The Morgan fingerprint density at radius 3 is 2.84 bits per heavy atom. The molecule has 4 nitrogen and oxygen atoms in total. The summed E-state index contributed by atoms with van der Waals surface area (Å²) >= 11 is 0. The third kappa shape index (κ3) is 3.21. The molecule has 0 bridgehead atoms. The fourth-order valence-corrected chi connectivity index (χ4v) is 2.90. The standard InChI is InChI=1S/C20H17FN4/c1-25-13-16(12-24-25)15-4-2-3-14(9-15)11-23-19-7-8-22-20-10-17(21)5-6-18(19)20/h2-10,12-13H,11H2,1H3,(H,22,23). The second-order valence-electron chi connectivity index (χ2n) is 5.98. The maximum atomic E-state index is 13.4. The maximum Gasteiger partial charge on any atom is 0.125 e. The Balaban J connectivity index is 1.58. The molecule has 5 heteroatoms. The van der Waals surface area contributed by atoms with Crippen LogP contribution in [0, 0.1) is 5.82 Å². The van der Waals surface area contributed by atoms with Crippen molar-refractivity contribution < 1.29 is 4.39 Å². The number of pyridine rings is 1.